The van der Waals surface area contributed by atoms with Crippen LogP contribution in [0.15, 0.2) is 75.6 Å². The van der Waals surface area contributed by atoms with Gasteiger partial charge >= 0.3 is 0 Å². The minimum atomic E-state index is -0.0357. The standard InChI is InChI=1S/C26H28N2O2S/c1-19-24(18-31-23-10-6-3-7-11-23)28-26(30-19)22-14-12-21(13-15-22)25(29)27-17-16-20-8-4-2-5-9-20/h3,6-8,10-15H,2,4-5,9,16-18H2,1H3,(H,27,29). The van der Waals surface area contributed by atoms with E-state index in [1.54, 1.807) is 11.8 Å². The van der Waals surface area contributed by atoms with Crippen molar-refractivity contribution in [3.05, 3.63) is 83.3 Å². The van der Waals surface area contributed by atoms with Gasteiger partial charge in [-0.15, -0.1) is 11.8 Å². The van der Waals surface area contributed by atoms with Crippen LogP contribution in [0.5, 0.6) is 0 Å². The first-order valence-electron chi connectivity index (χ1n) is 10.9. The van der Waals surface area contributed by atoms with Crippen LogP contribution in [-0.4, -0.2) is 17.4 Å². The summed E-state index contributed by atoms with van der Waals surface area (Å²) < 4.78 is 5.89. The first-order chi connectivity index (χ1) is 15.2. The van der Waals surface area contributed by atoms with Crippen molar-refractivity contribution in [3.63, 3.8) is 0 Å². The number of benzene rings is 2. The molecule has 1 heterocycles. The zero-order chi connectivity index (χ0) is 21.5. The molecule has 0 radical (unpaired) electrons. The van der Waals surface area contributed by atoms with E-state index < -0.39 is 0 Å². The Labute approximate surface area is 188 Å². The lowest BCUT2D eigenvalue weighted by Gasteiger charge is -2.13. The van der Waals surface area contributed by atoms with Gasteiger partial charge in [0.05, 0.1) is 5.69 Å². The van der Waals surface area contributed by atoms with E-state index in [1.165, 1.54) is 36.2 Å². The molecule has 0 bridgehead atoms. The highest BCUT2D eigenvalue weighted by Crippen LogP contribution is 2.27. The number of aryl methyl sites for hydroxylation is 1. The van der Waals surface area contributed by atoms with Crippen LogP contribution in [0.2, 0.25) is 0 Å². The quantitative estimate of drug-likeness (QED) is 0.323. The van der Waals surface area contributed by atoms with Crippen molar-refractivity contribution >= 4 is 17.7 Å². The van der Waals surface area contributed by atoms with E-state index in [1.807, 2.05) is 49.4 Å². The third-order valence-electron chi connectivity index (χ3n) is 5.52. The zero-order valence-electron chi connectivity index (χ0n) is 17.9. The number of carbonyl (C=O) groups excluding carboxylic acids is 1. The monoisotopic (exact) mass is 432 g/mol. The minimum Gasteiger partial charge on any atom is -0.441 e. The van der Waals surface area contributed by atoms with Gasteiger partial charge in [-0.25, -0.2) is 4.98 Å². The first kappa shape index (κ1) is 21.4. The van der Waals surface area contributed by atoms with Gasteiger partial charge in [0.2, 0.25) is 5.89 Å². The Balaban J connectivity index is 1.33. The Morgan fingerprint density at radius 3 is 2.65 bits per heavy atom. The smallest absolute Gasteiger partial charge is 0.251 e. The molecule has 0 atom stereocenters. The van der Waals surface area contributed by atoms with E-state index in [4.69, 9.17) is 4.42 Å². The third-order valence-corrected chi connectivity index (χ3v) is 6.55. The molecular formula is C26H28N2O2S. The number of nitrogens with one attached hydrogen (secondary N) is 1. The fourth-order valence-electron chi connectivity index (χ4n) is 3.69. The molecule has 1 N–H and O–H groups in total. The molecular weight excluding hydrogens is 404 g/mol. The summed E-state index contributed by atoms with van der Waals surface area (Å²) in [4.78, 5) is 18.3. The fraction of sp³-hybridized carbons (Fsp3) is 0.308. The number of aromatic nitrogens is 1. The summed E-state index contributed by atoms with van der Waals surface area (Å²) in [5.74, 6) is 2.15. The molecule has 160 valence electrons. The number of nitrogens with zero attached hydrogens (tertiary/aromatic N) is 1. The summed E-state index contributed by atoms with van der Waals surface area (Å²) in [6.45, 7) is 2.63. The lowest BCUT2D eigenvalue weighted by atomic mass is 9.97. The summed E-state index contributed by atoms with van der Waals surface area (Å²) in [6, 6.07) is 17.7. The van der Waals surface area contributed by atoms with E-state index in [0.717, 1.165) is 29.2 Å². The highest BCUT2D eigenvalue weighted by molar-refractivity contribution is 7.98. The summed E-state index contributed by atoms with van der Waals surface area (Å²) in [5, 5.41) is 3.03. The number of carbonyl (C=O) groups is 1. The molecule has 2 aromatic carbocycles. The lowest BCUT2D eigenvalue weighted by Crippen LogP contribution is -2.24. The predicted molar refractivity (Wildman–Crippen MR) is 126 cm³/mol. The van der Waals surface area contributed by atoms with Crippen LogP contribution in [0.25, 0.3) is 11.5 Å². The Kier molecular flexibility index (Phi) is 7.26. The molecule has 0 fully saturated rings. The maximum Gasteiger partial charge on any atom is 0.251 e. The molecule has 4 nitrogen and oxygen atoms in total. The number of hydrogen-bond donors (Lipinski definition) is 1. The number of allylic oxidation sites excluding steroid dienone is 1. The average Bonchev–Trinajstić information content (AvgIpc) is 3.19. The van der Waals surface area contributed by atoms with Crippen LogP contribution >= 0.6 is 11.8 Å². The molecule has 31 heavy (non-hydrogen) atoms. The van der Waals surface area contributed by atoms with Gasteiger partial charge in [0.1, 0.15) is 5.76 Å². The van der Waals surface area contributed by atoms with Crippen molar-refractivity contribution in [2.75, 3.05) is 6.54 Å². The molecule has 0 unspecified atom stereocenters. The van der Waals surface area contributed by atoms with Crippen LogP contribution in [0.1, 0.15) is 53.9 Å². The van der Waals surface area contributed by atoms with E-state index in [9.17, 15) is 4.79 Å². The number of oxazole rings is 1. The van der Waals surface area contributed by atoms with Crippen molar-refractivity contribution in [1.29, 1.82) is 0 Å². The first-order valence-corrected chi connectivity index (χ1v) is 11.9. The molecule has 1 amide bonds. The second kappa shape index (κ2) is 10.5. The van der Waals surface area contributed by atoms with Crippen LogP contribution in [0, 0.1) is 6.92 Å². The van der Waals surface area contributed by atoms with E-state index >= 15 is 0 Å². The molecule has 0 spiro atoms. The van der Waals surface area contributed by atoms with Gasteiger partial charge in [0.15, 0.2) is 0 Å². The molecule has 0 aliphatic heterocycles. The van der Waals surface area contributed by atoms with Crippen LogP contribution in [-0.2, 0) is 5.75 Å². The van der Waals surface area contributed by atoms with Gasteiger partial charge in [0.25, 0.3) is 5.91 Å². The fourth-order valence-corrected chi connectivity index (χ4v) is 4.61. The Morgan fingerprint density at radius 1 is 1.10 bits per heavy atom. The highest BCUT2D eigenvalue weighted by atomic mass is 32.2. The average molecular weight is 433 g/mol. The number of thioether (sulfide) groups is 1. The lowest BCUT2D eigenvalue weighted by molar-refractivity contribution is 0.0954. The number of hydrogen-bond acceptors (Lipinski definition) is 4. The highest BCUT2D eigenvalue weighted by Gasteiger charge is 2.13. The van der Waals surface area contributed by atoms with Gasteiger partial charge in [-0.2, -0.15) is 0 Å². The van der Waals surface area contributed by atoms with Gasteiger partial charge < -0.3 is 9.73 Å². The van der Waals surface area contributed by atoms with Crippen molar-refractivity contribution in [2.45, 2.75) is 49.7 Å². The largest absolute Gasteiger partial charge is 0.441 e. The van der Waals surface area contributed by atoms with E-state index in [0.29, 0.717) is 18.0 Å². The second-order valence-corrected chi connectivity index (χ2v) is 8.86. The Bertz CT molecular complexity index is 1040. The number of rotatable bonds is 8. The maximum atomic E-state index is 12.4. The van der Waals surface area contributed by atoms with Crippen molar-refractivity contribution in [1.82, 2.24) is 10.3 Å². The second-order valence-electron chi connectivity index (χ2n) is 7.82. The molecule has 4 rings (SSSR count). The van der Waals surface area contributed by atoms with Crippen molar-refractivity contribution < 1.29 is 9.21 Å². The summed E-state index contributed by atoms with van der Waals surface area (Å²) >= 11 is 1.74. The summed E-state index contributed by atoms with van der Waals surface area (Å²) in [6.07, 6.45) is 8.19. The van der Waals surface area contributed by atoms with Gasteiger partial charge in [-0.05, 0) is 75.4 Å². The summed E-state index contributed by atoms with van der Waals surface area (Å²) in [7, 11) is 0. The van der Waals surface area contributed by atoms with E-state index in [-0.39, 0.29) is 5.91 Å². The topological polar surface area (TPSA) is 55.1 Å². The van der Waals surface area contributed by atoms with Crippen molar-refractivity contribution in [2.24, 2.45) is 0 Å². The van der Waals surface area contributed by atoms with Crippen LogP contribution in [0.4, 0.5) is 0 Å². The molecule has 0 saturated heterocycles. The van der Waals surface area contributed by atoms with E-state index in [2.05, 4.69) is 28.5 Å². The van der Waals surface area contributed by atoms with Crippen molar-refractivity contribution in [3.8, 4) is 11.5 Å². The normalized spacial score (nSPS) is 13.6. The molecule has 1 aliphatic carbocycles. The molecule has 1 aliphatic rings. The maximum absolute atomic E-state index is 12.4. The van der Waals surface area contributed by atoms with Gasteiger partial charge in [0, 0.05) is 28.3 Å². The number of amides is 1. The SMILES string of the molecule is Cc1oc(-c2ccc(C(=O)NCCC3=CCCCC3)cc2)nc1CSc1ccccc1. The van der Waals surface area contributed by atoms with Crippen LogP contribution < -0.4 is 5.32 Å². The Hall–Kier alpha value is -2.79. The molecule has 3 aromatic rings. The van der Waals surface area contributed by atoms with Gasteiger partial charge in [-0.3, -0.25) is 4.79 Å². The molecule has 1 aromatic heterocycles. The van der Waals surface area contributed by atoms with Crippen LogP contribution in [0.3, 0.4) is 0 Å². The predicted octanol–water partition coefficient (Wildman–Crippen LogP) is 6.56. The molecule has 0 saturated carbocycles. The third kappa shape index (κ3) is 5.88. The minimum absolute atomic E-state index is 0.0357. The molecule has 5 heteroatoms. The zero-order valence-corrected chi connectivity index (χ0v) is 18.7. The Morgan fingerprint density at radius 2 is 1.90 bits per heavy atom. The van der Waals surface area contributed by atoms with Gasteiger partial charge in [-0.1, -0.05) is 29.8 Å². The summed E-state index contributed by atoms with van der Waals surface area (Å²) in [5.41, 5.74) is 3.96.